The number of aliphatic hydroxyl groups excluding tert-OH is 1. The average molecular weight is 172 g/mol. The van der Waals surface area contributed by atoms with Crippen LogP contribution in [0.25, 0.3) is 0 Å². The minimum atomic E-state index is -0.778. The van der Waals surface area contributed by atoms with Crippen molar-refractivity contribution in [2.24, 2.45) is 0 Å². The molecule has 1 fully saturated rings. The van der Waals surface area contributed by atoms with E-state index in [0.717, 1.165) is 0 Å². The Morgan fingerprint density at radius 2 is 1.75 bits per heavy atom. The SMILES string of the molecule is CCC1NC(=O)C(CO)NC1=O. The summed E-state index contributed by atoms with van der Waals surface area (Å²) in [5, 5.41) is 13.6. The van der Waals surface area contributed by atoms with Crippen LogP contribution >= 0.6 is 0 Å². The second-order valence-corrected chi connectivity index (χ2v) is 2.71. The summed E-state index contributed by atoms with van der Waals surface area (Å²) in [5.41, 5.74) is 0. The molecule has 3 N–H and O–H groups in total. The van der Waals surface area contributed by atoms with Gasteiger partial charge in [0.05, 0.1) is 6.61 Å². The quantitative estimate of drug-likeness (QED) is 0.468. The lowest BCUT2D eigenvalue weighted by Crippen LogP contribution is -2.62. The molecule has 1 rings (SSSR count). The third kappa shape index (κ3) is 1.55. The van der Waals surface area contributed by atoms with Gasteiger partial charge in [0.2, 0.25) is 11.8 Å². The maximum atomic E-state index is 11.1. The van der Waals surface area contributed by atoms with Crippen molar-refractivity contribution >= 4 is 11.8 Å². The Hall–Kier alpha value is -1.10. The predicted octanol–water partition coefficient (Wildman–Crippen LogP) is -1.63. The molecule has 2 unspecified atom stereocenters. The van der Waals surface area contributed by atoms with E-state index in [0.29, 0.717) is 6.42 Å². The maximum absolute atomic E-state index is 11.1. The van der Waals surface area contributed by atoms with Gasteiger partial charge in [0.25, 0.3) is 0 Å². The van der Waals surface area contributed by atoms with Crippen LogP contribution in [0.1, 0.15) is 13.3 Å². The topological polar surface area (TPSA) is 78.4 Å². The molecule has 0 aromatic carbocycles. The highest BCUT2D eigenvalue weighted by molar-refractivity contribution is 5.96. The highest BCUT2D eigenvalue weighted by atomic mass is 16.3. The van der Waals surface area contributed by atoms with Gasteiger partial charge in [0.1, 0.15) is 12.1 Å². The van der Waals surface area contributed by atoms with Crippen molar-refractivity contribution < 1.29 is 14.7 Å². The van der Waals surface area contributed by atoms with Crippen molar-refractivity contribution in [3.05, 3.63) is 0 Å². The normalized spacial score (nSPS) is 29.5. The van der Waals surface area contributed by atoms with Gasteiger partial charge in [-0.25, -0.2) is 0 Å². The van der Waals surface area contributed by atoms with Gasteiger partial charge in [0.15, 0.2) is 0 Å². The second kappa shape index (κ2) is 3.53. The third-order valence-corrected chi connectivity index (χ3v) is 1.86. The first kappa shape index (κ1) is 8.99. The molecule has 0 radical (unpaired) electrons. The van der Waals surface area contributed by atoms with Gasteiger partial charge >= 0.3 is 0 Å². The van der Waals surface area contributed by atoms with E-state index < -0.39 is 12.1 Å². The number of nitrogens with one attached hydrogen (secondary N) is 2. The summed E-state index contributed by atoms with van der Waals surface area (Å²) < 4.78 is 0. The average Bonchev–Trinajstić information content (AvgIpc) is 2.08. The molecule has 68 valence electrons. The lowest BCUT2D eigenvalue weighted by molar-refractivity contribution is -0.137. The minimum absolute atomic E-state index is 0.226. The van der Waals surface area contributed by atoms with Gasteiger partial charge in [-0.05, 0) is 6.42 Å². The number of rotatable bonds is 2. The van der Waals surface area contributed by atoms with Gasteiger partial charge in [-0.15, -0.1) is 0 Å². The molecule has 0 saturated carbocycles. The summed E-state index contributed by atoms with van der Waals surface area (Å²) in [6.45, 7) is 1.46. The van der Waals surface area contributed by atoms with E-state index in [4.69, 9.17) is 5.11 Å². The smallest absolute Gasteiger partial charge is 0.245 e. The number of hydrogen-bond donors (Lipinski definition) is 3. The molecule has 0 aromatic heterocycles. The molecule has 1 saturated heterocycles. The number of aliphatic hydroxyl groups is 1. The van der Waals surface area contributed by atoms with Crippen molar-refractivity contribution in [1.29, 1.82) is 0 Å². The molecule has 2 amide bonds. The van der Waals surface area contributed by atoms with E-state index in [9.17, 15) is 9.59 Å². The molecule has 0 bridgehead atoms. The maximum Gasteiger partial charge on any atom is 0.245 e. The van der Waals surface area contributed by atoms with Crippen LogP contribution in [0.3, 0.4) is 0 Å². The van der Waals surface area contributed by atoms with E-state index in [1.165, 1.54) is 0 Å². The Balaban J connectivity index is 2.61. The molecule has 0 aliphatic carbocycles. The summed E-state index contributed by atoms with van der Waals surface area (Å²) in [6, 6.07) is -1.22. The predicted molar refractivity (Wildman–Crippen MR) is 41.2 cm³/mol. The van der Waals surface area contributed by atoms with E-state index in [1.807, 2.05) is 6.92 Å². The Kier molecular flexibility index (Phi) is 2.65. The van der Waals surface area contributed by atoms with E-state index in [1.54, 1.807) is 0 Å². The van der Waals surface area contributed by atoms with Crippen LogP contribution in [0.5, 0.6) is 0 Å². The van der Waals surface area contributed by atoms with E-state index in [-0.39, 0.29) is 18.4 Å². The zero-order valence-corrected chi connectivity index (χ0v) is 6.83. The molecule has 0 spiro atoms. The van der Waals surface area contributed by atoms with Gasteiger partial charge in [-0.2, -0.15) is 0 Å². The minimum Gasteiger partial charge on any atom is -0.394 e. The van der Waals surface area contributed by atoms with Gasteiger partial charge in [-0.1, -0.05) is 6.92 Å². The molecule has 1 heterocycles. The number of carbonyl (C=O) groups is 2. The molecular formula is C7H12N2O3. The largest absolute Gasteiger partial charge is 0.394 e. The first-order chi connectivity index (χ1) is 5.69. The highest BCUT2D eigenvalue weighted by Gasteiger charge is 2.31. The molecule has 12 heavy (non-hydrogen) atoms. The molecule has 0 aromatic rings. The Bertz CT molecular complexity index is 183. The zero-order chi connectivity index (χ0) is 9.14. The van der Waals surface area contributed by atoms with Crippen LogP contribution < -0.4 is 10.6 Å². The van der Waals surface area contributed by atoms with Crippen LogP contribution in [0.15, 0.2) is 0 Å². The van der Waals surface area contributed by atoms with Gasteiger partial charge in [-0.3, -0.25) is 9.59 Å². The van der Waals surface area contributed by atoms with Crippen LogP contribution in [0.4, 0.5) is 0 Å². The molecule has 1 aliphatic heterocycles. The zero-order valence-electron chi connectivity index (χ0n) is 6.83. The molecule has 5 nitrogen and oxygen atoms in total. The molecule has 1 aliphatic rings. The summed E-state index contributed by atoms with van der Waals surface area (Å²) in [7, 11) is 0. The van der Waals surface area contributed by atoms with Crippen molar-refractivity contribution in [1.82, 2.24) is 10.6 Å². The van der Waals surface area contributed by atoms with E-state index >= 15 is 0 Å². The lowest BCUT2D eigenvalue weighted by Gasteiger charge is -2.27. The van der Waals surface area contributed by atoms with Crippen LogP contribution in [-0.4, -0.2) is 35.6 Å². The Morgan fingerprint density at radius 3 is 2.25 bits per heavy atom. The molecule has 5 heteroatoms. The summed E-state index contributed by atoms with van der Waals surface area (Å²) in [5.74, 6) is -0.542. The first-order valence-corrected chi connectivity index (χ1v) is 3.90. The first-order valence-electron chi connectivity index (χ1n) is 3.90. The number of carbonyl (C=O) groups excluding carboxylic acids is 2. The molecule has 2 atom stereocenters. The van der Waals surface area contributed by atoms with Crippen LogP contribution in [-0.2, 0) is 9.59 Å². The monoisotopic (exact) mass is 172 g/mol. The van der Waals surface area contributed by atoms with Crippen molar-refractivity contribution in [3.8, 4) is 0 Å². The fourth-order valence-corrected chi connectivity index (χ4v) is 1.09. The van der Waals surface area contributed by atoms with Crippen LogP contribution in [0, 0.1) is 0 Å². The fraction of sp³-hybridized carbons (Fsp3) is 0.714. The lowest BCUT2D eigenvalue weighted by atomic mass is 10.1. The molecular weight excluding hydrogens is 160 g/mol. The number of hydrogen-bond acceptors (Lipinski definition) is 3. The fourth-order valence-electron chi connectivity index (χ4n) is 1.09. The highest BCUT2D eigenvalue weighted by Crippen LogP contribution is 1.99. The number of amides is 2. The Labute approximate surface area is 70.1 Å². The van der Waals surface area contributed by atoms with Crippen molar-refractivity contribution in [2.75, 3.05) is 6.61 Å². The van der Waals surface area contributed by atoms with Gasteiger partial charge < -0.3 is 15.7 Å². The summed E-state index contributed by atoms with van der Waals surface area (Å²) >= 11 is 0. The second-order valence-electron chi connectivity index (χ2n) is 2.71. The van der Waals surface area contributed by atoms with Crippen molar-refractivity contribution in [2.45, 2.75) is 25.4 Å². The number of piperazine rings is 1. The standard InChI is InChI=1S/C7H12N2O3/c1-2-4-6(11)9-5(3-10)7(12)8-4/h4-5,10H,2-3H2,1H3,(H,8,12)(H,9,11). The third-order valence-electron chi connectivity index (χ3n) is 1.86. The summed E-state index contributed by atoms with van der Waals surface area (Å²) in [6.07, 6.45) is 0.565. The Morgan fingerprint density at radius 1 is 1.25 bits per heavy atom. The van der Waals surface area contributed by atoms with E-state index in [2.05, 4.69) is 10.6 Å². The van der Waals surface area contributed by atoms with Gasteiger partial charge in [0, 0.05) is 0 Å². The van der Waals surface area contributed by atoms with Crippen LogP contribution in [0.2, 0.25) is 0 Å². The van der Waals surface area contributed by atoms with Crippen molar-refractivity contribution in [3.63, 3.8) is 0 Å². The summed E-state index contributed by atoms with van der Waals surface area (Å²) in [4.78, 5) is 22.2.